The van der Waals surface area contributed by atoms with Crippen LogP contribution in [0.25, 0.3) is 0 Å². The van der Waals surface area contributed by atoms with Crippen LogP contribution in [0.4, 0.5) is 0 Å². The van der Waals surface area contributed by atoms with Gasteiger partial charge in [0.05, 0.1) is 17.4 Å². The molecule has 1 saturated carbocycles. The van der Waals surface area contributed by atoms with Crippen molar-refractivity contribution in [3.8, 4) is 0 Å². The van der Waals surface area contributed by atoms with Gasteiger partial charge in [0.2, 0.25) is 0 Å². The Morgan fingerprint density at radius 3 is 2.59 bits per heavy atom. The smallest absolute Gasteiger partial charge is 0.255 e. The van der Waals surface area contributed by atoms with Crippen molar-refractivity contribution in [1.29, 1.82) is 0 Å². The van der Waals surface area contributed by atoms with Crippen molar-refractivity contribution in [3.05, 3.63) is 17.0 Å². The van der Waals surface area contributed by atoms with Crippen molar-refractivity contribution in [2.24, 2.45) is 5.41 Å². The zero-order valence-electron chi connectivity index (χ0n) is 10.7. The minimum Gasteiger partial charge on any atom is -0.392 e. The van der Waals surface area contributed by atoms with Gasteiger partial charge >= 0.3 is 0 Å². The van der Waals surface area contributed by atoms with E-state index in [1.54, 1.807) is 6.92 Å². The van der Waals surface area contributed by atoms with Crippen LogP contribution in [0.15, 0.2) is 0 Å². The highest BCUT2D eigenvalue weighted by atomic mass is 16.3. The van der Waals surface area contributed by atoms with Gasteiger partial charge < -0.3 is 10.4 Å². The molecule has 0 aromatic carbocycles. The fourth-order valence-electron chi connectivity index (χ4n) is 2.26. The standard InChI is InChI=1S/C12H19N3O2/c1-6-10(7(2)15-14-6)11(17)13-8-5-9(16)12(8,3)4/h8-9,16H,5H2,1-4H3,(H,13,17)(H,14,15). The van der Waals surface area contributed by atoms with Crippen LogP contribution in [0.5, 0.6) is 0 Å². The normalized spacial score (nSPS) is 26.4. The molecule has 0 aliphatic heterocycles. The average molecular weight is 237 g/mol. The third-order valence-corrected chi connectivity index (χ3v) is 3.88. The fraction of sp³-hybridized carbons (Fsp3) is 0.667. The SMILES string of the molecule is Cc1n[nH]c(C)c1C(=O)NC1CC(O)C1(C)C. The molecule has 1 amide bonds. The summed E-state index contributed by atoms with van der Waals surface area (Å²) in [6, 6.07) is 0.0266. The van der Waals surface area contributed by atoms with E-state index in [0.29, 0.717) is 17.7 Å². The maximum atomic E-state index is 12.1. The van der Waals surface area contributed by atoms with E-state index >= 15 is 0 Å². The van der Waals surface area contributed by atoms with Crippen LogP contribution in [0, 0.1) is 19.3 Å². The van der Waals surface area contributed by atoms with Gasteiger partial charge in [-0.25, -0.2) is 0 Å². The molecule has 1 aliphatic rings. The van der Waals surface area contributed by atoms with E-state index in [9.17, 15) is 9.90 Å². The number of hydrogen-bond acceptors (Lipinski definition) is 3. The topological polar surface area (TPSA) is 78.0 Å². The number of carbonyl (C=O) groups excluding carboxylic acids is 1. The summed E-state index contributed by atoms with van der Waals surface area (Å²) in [6.45, 7) is 7.55. The molecule has 1 aromatic rings. The molecule has 1 aromatic heterocycles. The molecule has 1 heterocycles. The second kappa shape index (κ2) is 3.84. The summed E-state index contributed by atoms with van der Waals surface area (Å²) >= 11 is 0. The summed E-state index contributed by atoms with van der Waals surface area (Å²) in [5, 5.41) is 19.4. The Labute approximate surface area is 101 Å². The van der Waals surface area contributed by atoms with Gasteiger partial charge in [-0.05, 0) is 20.3 Å². The molecule has 1 fully saturated rings. The number of aromatic nitrogens is 2. The van der Waals surface area contributed by atoms with E-state index in [1.165, 1.54) is 0 Å². The van der Waals surface area contributed by atoms with Gasteiger partial charge in [0.1, 0.15) is 0 Å². The predicted octanol–water partition coefficient (Wildman–Crippen LogP) is 0.916. The van der Waals surface area contributed by atoms with Gasteiger partial charge in [0.25, 0.3) is 5.91 Å². The minimum absolute atomic E-state index is 0.0266. The largest absolute Gasteiger partial charge is 0.392 e. The summed E-state index contributed by atoms with van der Waals surface area (Å²) < 4.78 is 0. The van der Waals surface area contributed by atoms with Gasteiger partial charge in [-0.1, -0.05) is 13.8 Å². The highest BCUT2D eigenvalue weighted by molar-refractivity contribution is 5.96. The van der Waals surface area contributed by atoms with Crippen molar-refractivity contribution in [3.63, 3.8) is 0 Å². The molecule has 17 heavy (non-hydrogen) atoms. The summed E-state index contributed by atoms with van der Waals surface area (Å²) in [7, 11) is 0. The van der Waals surface area contributed by atoms with Crippen LogP contribution < -0.4 is 5.32 Å². The Balaban J connectivity index is 2.09. The lowest BCUT2D eigenvalue weighted by Gasteiger charge is -2.49. The maximum Gasteiger partial charge on any atom is 0.255 e. The first-order chi connectivity index (χ1) is 7.84. The Morgan fingerprint density at radius 2 is 2.18 bits per heavy atom. The number of hydrogen-bond donors (Lipinski definition) is 3. The molecule has 5 heteroatoms. The molecule has 5 nitrogen and oxygen atoms in total. The molecule has 0 saturated heterocycles. The highest BCUT2D eigenvalue weighted by Gasteiger charge is 2.48. The second-order valence-corrected chi connectivity index (χ2v) is 5.41. The third kappa shape index (κ3) is 1.84. The van der Waals surface area contributed by atoms with Crippen molar-refractivity contribution >= 4 is 5.91 Å². The number of nitrogens with zero attached hydrogens (tertiary/aromatic N) is 1. The Bertz CT molecular complexity index is 431. The summed E-state index contributed by atoms with van der Waals surface area (Å²) in [4.78, 5) is 12.1. The second-order valence-electron chi connectivity index (χ2n) is 5.41. The molecule has 2 atom stereocenters. The lowest BCUT2D eigenvalue weighted by atomic mass is 9.64. The van der Waals surface area contributed by atoms with Crippen LogP contribution in [0.1, 0.15) is 42.0 Å². The van der Waals surface area contributed by atoms with Crippen molar-refractivity contribution in [2.75, 3.05) is 0 Å². The number of amides is 1. The van der Waals surface area contributed by atoms with Crippen LogP contribution in [0.3, 0.4) is 0 Å². The Morgan fingerprint density at radius 1 is 1.53 bits per heavy atom. The van der Waals surface area contributed by atoms with Gasteiger partial charge in [0.15, 0.2) is 0 Å². The molecule has 0 spiro atoms. The zero-order chi connectivity index (χ0) is 12.8. The number of aliphatic hydroxyl groups excluding tert-OH is 1. The number of nitrogens with one attached hydrogen (secondary N) is 2. The van der Waals surface area contributed by atoms with Crippen LogP contribution in [-0.4, -0.2) is 33.4 Å². The first-order valence-corrected chi connectivity index (χ1v) is 5.84. The molecule has 1 aliphatic carbocycles. The van der Waals surface area contributed by atoms with Gasteiger partial charge in [0, 0.05) is 17.2 Å². The van der Waals surface area contributed by atoms with E-state index in [-0.39, 0.29) is 23.5 Å². The number of aliphatic hydroxyl groups is 1. The summed E-state index contributed by atoms with van der Waals surface area (Å²) in [5.74, 6) is -0.112. The van der Waals surface area contributed by atoms with E-state index in [4.69, 9.17) is 0 Å². The molecular weight excluding hydrogens is 218 g/mol. The fourth-order valence-corrected chi connectivity index (χ4v) is 2.26. The lowest BCUT2D eigenvalue weighted by molar-refractivity contribution is -0.0689. The average Bonchev–Trinajstić information content (AvgIpc) is 2.58. The van der Waals surface area contributed by atoms with Gasteiger partial charge in [-0.2, -0.15) is 5.10 Å². The van der Waals surface area contributed by atoms with E-state index in [2.05, 4.69) is 15.5 Å². The zero-order valence-corrected chi connectivity index (χ0v) is 10.7. The van der Waals surface area contributed by atoms with Crippen LogP contribution in [0.2, 0.25) is 0 Å². The first kappa shape index (κ1) is 12.1. The Hall–Kier alpha value is -1.36. The molecular formula is C12H19N3O2. The number of aryl methyl sites for hydroxylation is 2. The van der Waals surface area contributed by atoms with Crippen molar-refractivity contribution < 1.29 is 9.90 Å². The summed E-state index contributed by atoms with van der Waals surface area (Å²) in [6.07, 6.45) is 0.286. The van der Waals surface area contributed by atoms with Crippen molar-refractivity contribution in [1.82, 2.24) is 15.5 Å². The molecule has 3 N–H and O–H groups in total. The number of rotatable bonds is 2. The van der Waals surface area contributed by atoms with Crippen LogP contribution >= 0.6 is 0 Å². The third-order valence-electron chi connectivity index (χ3n) is 3.88. The quantitative estimate of drug-likeness (QED) is 0.715. The number of H-pyrrole nitrogens is 1. The minimum atomic E-state index is -0.334. The summed E-state index contributed by atoms with van der Waals surface area (Å²) in [5.41, 5.74) is 1.85. The Kier molecular flexibility index (Phi) is 2.73. The molecule has 94 valence electrons. The predicted molar refractivity (Wildman–Crippen MR) is 63.7 cm³/mol. The number of carbonyl (C=O) groups is 1. The molecule has 0 bridgehead atoms. The van der Waals surface area contributed by atoms with E-state index in [1.807, 2.05) is 20.8 Å². The molecule has 2 rings (SSSR count). The maximum absolute atomic E-state index is 12.1. The molecule has 2 unspecified atom stereocenters. The number of aromatic amines is 1. The van der Waals surface area contributed by atoms with E-state index < -0.39 is 0 Å². The van der Waals surface area contributed by atoms with Crippen LogP contribution in [-0.2, 0) is 0 Å². The van der Waals surface area contributed by atoms with Gasteiger partial charge in [-0.3, -0.25) is 9.89 Å². The highest BCUT2D eigenvalue weighted by Crippen LogP contribution is 2.40. The lowest BCUT2D eigenvalue weighted by Crippen LogP contribution is -2.61. The van der Waals surface area contributed by atoms with Gasteiger partial charge in [-0.15, -0.1) is 0 Å². The monoisotopic (exact) mass is 237 g/mol. The van der Waals surface area contributed by atoms with E-state index in [0.717, 1.165) is 5.69 Å². The first-order valence-electron chi connectivity index (χ1n) is 5.84. The van der Waals surface area contributed by atoms with Crippen molar-refractivity contribution in [2.45, 2.75) is 46.3 Å². The molecule has 0 radical (unpaired) electrons.